The summed E-state index contributed by atoms with van der Waals surface area (Å²) in [7, 11) is 1.89. The van der Waals surface area contributed by atoms with Crippen molar-refractivity contribution in [3.63, 3.8) is 0 Å². The molecule has 1 aromatic carbocycles. The normalized spacial score (nSPS) is 17.1. The third kappa shape index (κ3) is 4.32. The van der Waals surface area contributed by atoms with E-state index in [2.05, 4.69) is 28.9 Å². The second kappa shape index (κ2) is 7.41. The van der Waals surface area contributed by atoms with Crippen LogP contribution >= 0.6 is 0 Å². The van der Waals surface area contributed by atoms with Crippen LogP contribution in [-0.4, -0.2) is 66.9 Å². The van der Waals surface area contributed by atoms with Gasteiger partial charge in [-0.15, -0.1) is 0 Å². The van der Waals surface area contributed by atoms with Crippen molar-refractivity contribution in [1.29, 1.82) is 0 Å². The van der Waals surface area contributed by atoms with Crippen molar-refractivity contribution in [2.24, 2.45) is 0 Å². The Bertz CT molecular complexity index is 413. The second-order valence-electron chi connectivity index (χ2n) is 5.45. The van der Waals surface area contributed by atoms with E-state index in [1.165, 1.54) is 5.56 Å². The smallest absolute Gasteiger partial charge is 0.236 e. The lowest BCUT2D eigenvalue weighted by molar-refractivity contribution is -0.132. The molecular formula is C16H25N3O. The van der Waals surface area contributed by atoms with E-state index in [1.54, 1.807) is 0 Å². The molecule has 0 unspecified atom stereocenters. The number of carbonyl (C=O) groups is 1. The van der Waals surface area contributed by atoms with Crippen LogP contribution in [0, 0.1) is 0 Å². The van der Waals surface area contributed by atoms with Gasteiger partial charge in [-0.05, 0) is 12.1 Å². The fourth-order valence-corrected chi connectivity index (χ4v) is 2.52. The lowest BCUT2D eigenvalue weighted by Gasteiger charge is -2.34. The summed E-state index contributed by atoms with van der Waals surface area (Å²) in [5.74, 6) is 0.207. The molecule has 0 radical (unpaired) electrons. The van der Waals surface area contributed by atoms with Gasteiger partial charge >= 0.3 is 0 Å². The van der Waals surface area contributed by atoms with Gasteiger partial charge in [-0.2, -0.15) is 0 Å². The summed E-state index contributed by atoms with van der Waals surface area (Å²) in [5.41, 5.74) is 1.18. The van der Waals surface area contributed by atoms with Crippen molar-refractivity contribution < 1.29 is 4.79 Å². The molecular weight excluding hydrogens is 250 g/mol. The van der Waals surface area contributed by atoms with E-state index in [-0.39, 0.29) is 5.91 Å². The van der Waals surface area contributed by atoms with E-state index in [4.69, 9.17) is 0 Å². The first-order valence-electron chi connectivity index (χ1n) is 7.41. The summed E-state index contributed by atoms with van der Waals surface area (Å²) in [5, 5.41) is 0. The Hall–Kier alpha value is -1.39. The molecule has 1 fully saturated rings. The number of carbonyl (C=O) groups excluding carboxylic acids is 1. The maximum absolute atomic E-state index is 12.2. The van der Waals surface area contributed by atoms with Crippen molar-refractivity contribution in [3.05, 3.63) is 35.9 Å². The lowest BCUT2D eigenvalue weighted by Crippen LogP contribution is -2.49. The van der Waals surface area contributed by atoms with E-state index < -0.39 is 0 Å². The van der Waals surface area contributed by atoms with Gasteiger partial charge in [-0.3, -0.25) is 9.69 Å². The van der Waals surface area contributed by atoms with Crippen molar-refractivity contribution >= 4 is 5.91 Å². The van der Waals surface area contributed by atoms with Crippen LogP contribution in [0.4, 0.5) is 0 Å². The van der Waals surface area contributed by atoms with Crippen molar-refractivity contribution in [2.75, 3.05) is 46.3 Å². The van der Waals surface area contributed by atoms with E-state index in [0.717, 1.165) is 32.7 Å². The Balaban J connectivity index is 1.77. The number of hydrogen-bond donors (Lipinski definition) is 0. The molecule has 0 N–H and O–H groups in total. The van der Waals surface area contributed by atoms with Gasteiger partial charge in [0, 0.05) is 39.8 Å². The maximum atomic E-state index is 12.2. The van der Waals surface area contributed by atoms with Crippen LogP contribution in [0.2, 0.25) is 0 Å². The van der Waals surface area contributed by atoms with E-state index in [9.17, 15) is 4.79 Å². The van der Waals surface area contributed by atoms with Gasteiger partial charge in [-0.1, -0.05) is 37.3 Å². The number of rotatable bonds is 5. The molecule has 0 bridgehead atoms. The standard InChI is InChI=1S/C16H25N3O/c1-3-18-9-11-19(12-10-18)14-16(20)17(2)13-15-7-5-4-6-8-15/h4-8H,3,9-14H2,1-2H3. The topological polar surface area (TPSA) is 26.8 Å². The highest BCUT2D eigenvalue weighted by molar-refractivity contribution is 5.78. The first kappa shape index (κ1) is 15.0. The first-order valence-corrected chi connectivity index (χ1v) is 7.41. The van der Waals surface area contributed by atoms with Gasteiger partial charge in [0.25, 0.3) is 0 Å². The Labute approximate surface area is 122 Å². The molecule has 1 aliphatic heterocycles. The molecule has 1 heterocycles. The number of piperazine rings is 1. The molecule has 0 atom stereocenters. The van der Waals surface area contributed by atoms with Gasteiger partial charge < -0.3 is 9.80 Å². The monoisotopic (exact) mass is 275 g/mol. The maximum Gasteiger partial charge on any atom is 0.236 e. The number of likely N-dealkylation sites (N-methyl/N-ethyl adjacent to an activating group) is 2. The highest BCUT2D eigenvalue weighted by atomic mass is 16.2. The molecule has 0 aromatic heterocycles. The molecule has 110 valence electrons. The lowest BCUT2D eigenvalue weighted by atomic mass is 10.2. The summed E-state index contributed by atoms with van der Waals surface area (Å²) in [6.45, 7) is 8.68. The van der Waals surface area contributed by atoms with E-state index in [1.807, 2.05) is 30.1 Å². The molecule has 0 aliphatic carbocycles. The number of amides is 1. The molecule has 0 saturated carbocycles. The molecule has 4 nitrogen and oxygen atoms in total. The third-order valence-corrected chi connectivity index (χ3v) is 3.96. The zero-order valence-electron chi connectivity index (χ0n) is 12.6. The SMILES string of the molecule is CCN1CCN(CC(=O)N(C)Cc2ccccc2)CC1. The summed E-state index contributed by atoms with van der Waals surface area (Å²) in [4.78, 5) is 18.7. The minimum Gasteiger partial charge on any atom is -0.340 e. The summed E-state index contributed by atoms with van der Waals surface area (Å²) in [6, 6.07) is 10.1. The van der Waals surface area contributed by atoms with Crippen LogP contribution in [0.5, 0.6) is 0 Å². The van der Waals surface area contributed by atoms with E-state index >= 15 is 0 Å². The van der Waals surface area contributed by atoms with Crippen molar-refractivity contribution in [1.82, 2.24) is 14.7 Å². The Morgan fingerprint density at radius 1 is 1.10 bits per heavy atom. The highest BCUT2D eigenvalue weighted by Crippen LogP contribution is 2.05. The quantitative estimate of drug-likeness (QED) is 0.810. The van der Waals surface area contributed by atoms with Gasteiger partial charge in [0.05, 0.1) is 6.54 Å². The van der Waals surface area contributed by atoms with Crippen LogP contribution in [0.25, 0.3) is 0 Å². The van der Waals surface area contributed by atoms with Crippen molar-refractivity contribution in [3.8, 4) is 0 Å². The molecule has 1 amide bonds. The molecule has 20 heavy (non-hydrogen) atoms. The zero-order valence-corrected chi connectivity index (χ0v) is 12.6. The largest absolute Gasteiger partial charge is 0.340 e. The predicted octanol–water partition coefficient (Wildman–Crippen LogP) is 1.28. The highest BCUT2D eigenvalue weighted by Gasteiger charge is 2.19. The van der Waals surface area contributed by atoms with Crippen LogP contribution in [-0.2, 0) is 11.3 Å². The van der Waals surface area contributed by atoms with Gasteiger partial charge in [0.1, 0.15) is 0 Å². The van der Waals surface area contributed by atoms with E-state index in [0.29, 0.717) is 13.1 Å². The summed E-state index contributed by atoms with van der Waals surface area (Å²) < 4.78 is 0. The predicted molar refractivity (Wildman–Crippen MR) is 81.5 cm³/mol. The fraction of sp³-hybridized carbons (Fsp3) is 0.562. The van der Waals surface area contributed by atoms with Crippen LogP contribution in [0.3, 0.4) is 0 Å². The molecule has 4 heteroatoms. The molecule has 1 saturated heterocycles. The van der Waals surface area contributed by atoms with Crippen LogP contribution < -0.4 is 0 Å². The Morgan fingerprint density at radius 3 is 2.30 bits per heavy atom. The second-order valence-corrected chi connectivity index (χ2v) is 5.45. The first-order chi connectivity index (χ1) is 9.69. The Kier molecular flexibility index (Phi) is 5.56. The number of nitrogens with zero attached hydrogens (tertiary/aromatic N) is 3. The number of benzene rings is 1. The molecule has 0 spiro atoms. The average Bonchev–Trinajstić information content (AvgIpc) is 2.49. The fourth-order valence-electron chi connectivity index (χ4n) is 2.52. The minimum atomic E-state index is 0.207. The van der Waals surface area contributed by atoms with Crippen LogP contribution in [0.1, 0.15) is 12.5 Å². The molecule has 1 aromatic rings. The van der Waals surface area contributed by atoms with Crippen molar-refractivity contribution in [2.45, 2.75) is 13.5 Å². The summed E-state index contributed by atoms with van der Waals surface area (Å²) in [6.07, 6.45) is 0. The average molecular weight is 275 g/mol. The molecule has 2 rings (SSSR count). The zero-order chi connectivity index (χ0) is 14.4. The van der Waals surface area contributed by atoms with Gasteiger partial charge in [0.2, 0.25) is 5.91 Å². The molecule has 1 aliphatic rings. The van der Waals surface area contributed by atoms with Crippen LogP contribution in [0.15, 0.2) is 30.3 Å². The minimum absolute atomic E-state index is 0.207. The number of hydrogen-bond acceptors (Lipinski definition) is 3. The van der Waals surface area contributed by atoms with Gasteiger partial charge in [0.15, 0.2) is 0 Å². The Morgan fingerprint density at radius 2 is 1.70 bits per heavy atom. The summed E-state index contributed by atoms with van der Waals surface area (Å²) >= 11 is 0. The van der Waals surface area contributed by atoms with Gasteiger partial charge in [-0.25, -0.2) is 0 Å². The third-order valence-electron chi connectivity index (χ3n) is 3.96.